The average molecular weight is 220 g/mol. The summed E-state index contributed by atoms with van der Waals surface area (Å²) < 4.78 is 31.9. The Morgan fingerprint density at radius 2 is 1.60 bits per heavy atom. The molecule has 88 valence electrons. The average Bonchev–Trinajstić information content (AvgIpc) is 2.68. The first kappa shape index (κ1) is 11.3. The monoisotopic (exact) mass is 220 g/mol. The van der Waals surface area contributed by atoms with Crippen molar-refractivity contribution in [2.24, 2.45) is 0 Å². The fraction of sp³-hybridized carbons (Fsp3) is 1.00. The van der Waals surface area contributed by atoms with E-state index in [2.05, 4.69) is 0 Å². The van der Waals surface area contributed by atoms with Crippen molar-refractivity contribution in [3.63, 3.8) is 0 Å². The molecule has 0 N–H and O–H groups in total. The van der Waals surface area contributed by atoms with Crippen molar-refractivity contribution in [3.8, 4) is 0 Å². The zero-order chi connectivity index (χ0) is 10.8. The van der Waals surface area contributed by atoms with Crippen LogP contribution in [0.15, 0.2) is 0 Å². The van der Waals surface area contributed by atoms with Gasteiger partial charge in [-0.05, 0) is 0 Å². The molecule has 2 aliphatic rings. The molecule has 0 radical (unpaired) electrons. The molecule has 5 atom stereocenters. The Morgan fingerprint density at radius 1 is 0.933 bits per heavy atom. The van der Waals surface area contributed by atoms with Gasteiger partial charge < -0.3 is 28.4 Å². The van der Waals surface area contributed by atoms with E-state index in [4.69, 9.17) is 28.4 Å². The van der Waals surface area contributed by atoms with Crippen molar-refractivity contribution in [1.29, 1.82) is 0 Å². The van der Waals surface area contributed by atoms with Gasteiger partial charge in [-0.3, -0.25) is 0 Å². The fourth-order valence-electron chi connectivity index (χ4n) is 1.77. The Kier molecular flexibility index (Phi) is 3.55. The Labute approximate surface area is 88.3 Å². The molecular formula is C9H16O6. The number of hydrogen-bond acceptors (Lipinski definition) is 6. The van der Waals surface area contributed by atoms with Gasteiger partial charge in [-0.2, -0.15) is 0 Å². The highest BCUT2D eigenvalue weighted by molar-refractivity contribution is 4.84. The van der Waals surface area contributed by atoms with Crippen molar-refractivity contribution >= 4 is 0 Å². The minimum atomic E-state index is -0.563. The Bertz CT molecular complexity index is 211. The van der Waals surface area contributed by atoms with Crippen molar-refractivity contribution in [2.45, 2.75) is 31.1 Å². The quantitative estimate of drug-likeness (QED) is 0.652. The number of ether oxygens (including phenoxy) is 6. The molecule has 0 spiro atoms. The lowest BCUT2D eigenvalue weighted by Gasteiger charge is -2.37. The predicted molar refractivity (Wildman–Crippen MR) is 48.1 cm³/mol. The van der Waals surface area contributed by atoms with Gasteiger partial charge in [0.25, 0.3) is 0 Å². The van der Waals surface area contributed by atoms with Crippen LogP contribution in [0.4, 0.5) is 0 Å². The molecule has 15 heavy (non-hydrogen) atoms. The normalized spacial score (nSPS) is 45.4. The molecule has 0 aromatic rings. The van der Waals surface area contributed by atoms with Gasteiger partial charge in [0.2, 0.25) is 12.6 Å². The van der Waals surface area contributed by atoms with Crippen LogP contribution >= 0.6 is 0 Å². The Morgan fingerprint density at radius 3 is 2.20 bits per heavy atom. The van der Waals surface area contributed by atoms with Gasteiger partial charge in [-0.1, -0.05) is 0 Å². The molecule has 0 aromatic carbocycles. The first-order chi connectivity index (χ1) is 7.30. The maximum Gasteiger partial charge on any atom is 0.211 e. The predicted octanol–water partition coefficient (Wildman–Crippen LogP) is -0.282. The van der Waals surface area contributed by atoms with Gasteiger partial charge >= 0.3 is 0 Å². The molecule has 6 heteroatoms. The van der Waals surface area contributed by atoms with Gasteiger partial charge in [-0.25, -0.2) is 0 Å². The second kappa shape index (κ2) is 4.73. The van der Waals surface area contributed by atoms with Crippen LogP contribution in [-0.4, -0.2) is 59.0 Å². The minimum Gasteiger partial charge on any atom is -0.376 e. The highest BCUT2D eigenvalue weighted by Crippen LogP contribution is 2.30. The van der Waals surface area contributed by atoms with Crippen molar-refractivity contribution in [2.75, 3.05) is 27.9 Å². The van der Waals surface area contributed by atoms with Crippen molar-refractivity contribution < 1.29 is 28.4 Å². The minimum absolute atomic E-state index is 0.120. The van der Waals surface area contributed by atoms with Crippen LogP contribution in [0.25, 0.3) is 0 Å². The lowest BCUT2D eigenvalue weighted by atomic mass is 10.2. The summed E-state index contributed by atoms with van der Waals surface area (Å²) >= 11 is 0. The lowest BCUT2D eigenvalue weighted by Crippen LogP contribution is -2.52. The van der Waals surface area contributed by atoms with E-state index in [9.17, 15) is 0 Å². The van der Waals surface area contributed by atoms with Gasteiger partial charge in [-0.15, -0.1) is 0 Å². The van der Waals surface area contributed by atoms with E-state index in [-0.39, 0.29) is 12.2 Å². The van der Waals surface area contributed by atoms with E-state index in [1.54, 1.807) is 7.11 Å². The lowest BCUT2D eigenvalue weighted by molar-refractivity contribution is -0.379. The zero-order valence-electron chi connectivity index (χ0n) is 9.04. The van der Waals surface area contributed by atoms with Gasteiger partial charge in [0, 0.05) is 21.3 Å². The molecule has 2 saturated heterocycles. The molecule has 6 nitrogen and oxygen atoms in total. The largest absolute Gasteiger partial charge is 0.376 e. The summed E-state index contributed by atoms with van der Waals surface area (Å²) in [6, 6.07) is 0. The van der Waals surface area contributed by atoms with Crippen LogP contribution in [0.2, 0.25) is 0 Å². The molecule has 0 aliphatic carbocycles. The summed E-state index contributed by atoms with van der Waals surface area (Å²) in [6.07, 6.45) is -1.93. The van der Waals surface area contributed by atoms with Crippen molar-refractivity contribution in [3.05, 3.63) is 0 Å². The van der Waals surface area contributed by atoms with Crippen LogP contribution in [0.1, 0.15) is 0 Å². The van der Waals surface area contributed by atoms with Crippen molar-refractivity contribution in [1.82, 2.24) is 0 Å². The number of rotatable bonds is 3. The third-order valence-corrected chi connectivity index (χ3v) is 2.61. The van der Waals surface area contributed by atoms with E-state index in [1.807, 2.05) is 0 Å². The molecule has 0 amide bonds. The number of fused-ring (bicyclic) bond motifs is 1. The highest BCUT2D eigenvalue weighted by Gasteiger charge is 2.48. The van der Waals surface area contributed by atoms with E-state index < -0.39 is 18.9 Å². The van der Waals surface area contributed by atoms with E-state index >= 15 is 0 Å². The van der Waals surface area contributed by atoms with E-state index in [1.165, 1.54) is 14.2 Å². The van der Waals surface area contributed by atoms with Crippen LogP contribution in [0.5, 0.6) is 0 Å². The van der Waals surface area contributed by atoms with Gasteiger partial charge in [0.1, 0.15) is 12.2 Å². The molecule has 0 saturated carbocycles. The topological polar surface area (TPSA) is 55.4 Å². The smallest absolute Gasteiger partial charge is 0.211 e. The first-order valence-electron chi connectivity index (χ1n) is 4.81. The summed E-state index contributed by atoms with van der Waals surface area (Å²) in [6.45, 7) is 0.457. The molecule has 2 heterocycles. The van der Waals surface area contributed by atoms with Crippen LogP contribution < -0.4 is 0 Å². The fourth-order valence-corrected chi connectivity index (χ4v) is 1.77. The zero-order valence-corrected chi connectivity index (χ0v) is 9.04. The highest BCUT2D eigenvalue weighted by atomic mass is 16.8. The molecule has 2 aliphatic heterocycles. The van der Waals surface area contributed by atoms with Crippen LogP contribution in [-0.2, 0) is 28.4 Å². The van der Waals surface area contributed by atoms with E-state index in [0.717, 1.165) is 0 Å². The number of hydrogen-bond donors (Lipinski definition) is 0. The molecule has 2 rings (SSSR count). The third kappa shape index (κ3) is 2.01. The van der Waals surface area contributed by atoms with Gasteiger partial charge in [0.05, 0.1) is 6.61 Å². The maximum absolute atomic E-state index is 5.64. The van der Waals surface area contributed by atoms with Crippen LogP contribution in [0, 0.1) is 0 Å². The summed E-state index contributed by atoms with van der Waals surface area (Å²) in [5.41, 5.74) is 0. The Hall–Kier alpha value is -0.240. The van der Waals surface area contributed by atoms with Gasteiger partial charge in [0.15, 0.2) is 6.29 Å². The van der Waals surface area contributed by atoms with Crippen LogP contribution in [0.3, 0.4) is 0 Å². The second-order valence-electron chi connectivity index (χ2n) is 3.42. The summed E-state index contributed by atoms with van der Waals surface area (Å²) in [4.78, 5) is 0. The first-order valence-corrected chi connectivity index (χ1v) is 4.81. The summed E-state index contributed by atoms with van der Waals surface area (Å²) in [5, 5.41) is 0. The summed E-state index contributed by atoms with van der Waals surface area (Å²) in [5.74, 6) is 0. The number of methoxy groups -OCH3 is 3. The maximum atomic E-state index is 5.64. The third-order valence-electron chi connectivity index (χ3n) is 2.61. The second-order valence-corrected chi connectivity index (χ2v) is 3.42. The molecule has 0 bridgehead atoms. The molecule has 0 aromatic heterocycles. The summed E-state index contributed by atoms with van der Waals surface area (Å²) in [7, 11) is 4.69. The van der Waals surface area contributed by atoms with E-state index in [0.29, 0.717) is 6.61 Å². The molecular weight excluding hydrogens is 204 g/mol. The SMILES string of the molecule is COC1O[C@@H]2OC[C@@H](OC)[C@@H]2O[C@@H]1OC. The standard InChI is InChI=1S/C9H16O6/c1-10-5-4-13-7-6(5)14-8(11-2)9(12-3)15-7/h5-9H,4H2,1-3H3/t5-,6+,7+,8+,9?/m1/s1. The molecule has 1 unspecified atom stereocenters. The Balaban J connectivity index is 2.02. The molecule has 2 fully saturated rings.